The van der Waals surface area contributed by atoms with Crippen LogP contribution in [-0.2, 0) is 16.4 Å². The van der Waals surface area contributed by atoms with Crippen molar-refractivity contribution in [1.29, 1.82) is 0 Å². The number of nitrogen functional groups attached to an aromatic ring is 1. The van der Waals surface area contributed by atoms with Gasteiger partial charge in [0.2, 0.25) is 5.95 Å². The highest BCUT2D eigenvalue weighted by atomic mass is 32.2. The lowest BCUT2D eigenvalue weighted by Gasteiger charge is -2.19. The monoisotopic (exact) mass is 503 g/mol. The van der Waals surface area contributed by atoms with E-state index in [1.807, 2.05) is 42.1 Å². The van der Waals surface area contributed by atoms with E-state index in [-0.39, 0.29) is 16.9 Å². The van der Waals surface area contributed by atoms with Gasteiger partial charge in [0.25, 0.3) is 0 Å². The number of hydrogen-bond donors (Lipinski definition) is 1. The molecule has 36 heavy (non-hydrogen) atoms. The Bertz CT molecular complexity index is 1550. The highest BCUT2D eigenvalue weighted by Crippen LogP contribution is 2.34. The first-order valence-electron chi connectivity index (χ1n) is 11.4. The molecule has 11 heteroatoms. The average molecular weight is 504 g/mol. The van der Waals surface area contributed by atoms with Gasteiger partial charge in [-0.05, 0) is 55.0 Å². The standard InChI is InChI=1S/C25H25N7O3S/c1-3-30-16-21(23(29-30)22-11-12-27-24(26)28-22)17-5-4-6-19(15-17)32-14-13-31(25(32)33)18-7-9-20(10-8-18)36(2,34)35/h4-12,15-16H,3,13-14H2,1-2H3,(H2,26,27,28). The second-order valence-electron chi connectivity index (χ2n) is 8.45. The van der Waals surface area contributed by atoms with Crippen molar-refractivity contribution >= 4 is 33.2 Å². The highest BCUT2D eigenvalue weighted by Gasteiger charge is 2.31. The summed E-state index contributed by atoms with van der Waals surface area (Å²) >= 11 is 0. The van der Waals surface area contributed by atoms with Crippen molar-refractivity contribution in [2.24, 2.45) is 0 Å². The van der Waals surface area contributed by atoms with Gasteiger partial charge in [-0.15, -0.1) is 0 Å². The molecule has 1 fully saturated rings. The molecule has 2 N–H and O–H groups in total. The zero-order valence-corrected chi connectivity index (χ0v) is 20.7. The van der Waals surface area contributed by atoms with Crippen LogP contribution < -0.4 is 15.5 Å². The maximum atomic E-state index is 13.3. The summed E-state index contributed by atoms with van der Waals surface area (Å²) in [6.07, 6.45) is 4.71. The van der Waals surface area contributed by atoms with Gasteiger partial charge in [-0.25, -0.2) is 23.2 Å². The van der Waals surface area contributed by atoms with Crippen molar-refractivity contribution in [2.45, 2.75) is 18.4 Å². The number of carbonyl (C=O) groups is 1. The van der Waals surface area contributed by atoms with Crippen LogP contribution >= 0.6 is 0 Å². The summed E-state index contributed by atoms with van der Waals surface area (Å²) in [5.41, 5.74) is 10.3. The van der Waals surface area contributed by atoms with Gasteiger partial charge in [-0.2, -0.15) is 5.10 Å². The molecule has 1 aliphatic rings. The fourth-order valence-electron chi connectivity index (χ4n) is 4.22. The molecule has 2 aromatic carbocycles. The van der Waals surface area contributed by atoms with Crippen LogP contribution in [0.1, 0.15) is 6.92 Å². The molecular formula is C25H25N7O3S. The van der Waals surface area contributed by atoms with E-state index in [1.54, 1.807) is 34.2 Å². The minimum absolute atomic E-state index is 0.172. The van der Waals surface area contributed by atoms with Gasteiger partial charge in [0.05, 0.1) is 10.6 Å². The summed E-state index contributed by atoms with van der Waals surface area (Å²) in [6.45, 7) is 3.68. The lowest BCUT2D eigenvalue weighted by Crippen LogP contribution is -2.31. The van der Waals surface area contributed by atoms with E-state index in [0.29, 0.717) is 36.7 Å². The van der Waals surface area contributed by atoms with Crippen LogP contribution in [-0.4, -0.2) is 53.5 Å². The van der Waals surface area contributed by atoms with E-state index in [2.05, 4.69) is 15.1 Å². The van der Waals surface area contributed by atoms with Gasteiger partial charge in [0.1, 0.15) is 5.69 Å². The van der Waals surface area contributed by atoms with E-state index in [0.717, 1.165) is 23.1 Å². The van der Waals surface area contributed by atoms with Gasteiger partial charge >= 0.3 is 6.03 Å². The Labute approximate surface area is 208 Å². The predicted molar refractivity (Wildman–Crippen MR) is 138 cm³/mol. The normalized spacial score (nSPS) is 14.0. The first kappa shape index (κ1) is 23.5. The third kappa shape index (κ3) is 4.40. The molecule has 5 rings (SSSR count). The molecule has 1 aliphatic heterocycles. The number of aryl methyl sites for hydroxylation is 1. The number of carbonyl (C=O) groups excluding carboxylic acids is 1. The maximum absolute atomic E-state index is 13.3. The van der Waals surface area contributed by atoms with Gasteiger partial charge in [-0.3, -0.25) is 14.5 Å². The Morgan fingerprint density at radius 1 is 1.00 bits per heavy atom. The topological polar surface area (TPSA) is 127 Å². The van der Waals surface area contributed by atoms with E-state index < -0.39 is 9.84 Å². The van der Waals surface area contributed by atoms with E-state index >= 15 is 0 Å². The van der Waals surface area contributed by atoms with Crippen molar-refractivity contribution < 1.29 is 13.2 Å². The SMILES string of the molecule is CCn1cc(-c2cccc(N3CCN(c4ccc(S(C)(=O)=O)cc4)C3=O)c2)c(-c2ccnc(N)n2)n1. The Morgan fingerprint density at radius 3 is 2.39 bits per heavy atom. The Morgan fingerprint density at radius 2 is 1.72 bits per heavy atom. The lowest BCUT2D eigenvalue weighted by molar-refractivity contribution is 0.256. The summed E-state index contributed by atoms with van der Waals surface area (Å²) in [5.74, 6) is 0.172. The lowest BCUT2D eigenvalue weighted by atomic mass is 10.0. The van der Waals surface area contributed by atoms with Gasteiger partial charge in [-0.1, -0.05) is 12.1 Å². The fraction of sp³-hybridized carbons (Fsp3) is 0.200. The number of nitrogens with two attached hydrogens (primary N) is 1. The van der Waals surface area contributed by atoms with Crippen molar-refractivity contribution in [3.05, 3.63) is 67.0 Å². The van der Waals surface area contributed by atoms with E-state index in [4.69, 9.17) is 5.73 Å². The number of anilines is 3. The van der Waals surface area contributed by atoms with Crippen LogP contribution in [0.4, 0.5) is 22.1 Å². The molecule has 10 nitrogen and oxygen atoms in total. The summed E-state index contributed by atoms with van der Waals surface area (Å²) in [7, 11) is -3.30. The first-order valence-corrected chi connectivity index (χ1v) is 13.3. The van der Waals surface area contributed by atoms with Crippen LogP contribution in [0.15, 0.2) is 71.9 Å². The summed E-state index contributed by atoms with van der Waals surface area (Å²) < 4.78 is 25.4. The van der Waals surface area contributed by atoms with Crippen molar-refractivity contribution in [1.82, 2.24) is 19.7 Å². The fourth-order valence-corrected chi connectivity index (χ4v) is 4.85. The molecule has 3 heterocycles. The molecule has 0 radical (unpaired) electrons. The van der Waals surface area contributed by atoms with Gasteiger partial charge in [0.15, 0.2) is 9.84 Å². The molecule has 0 saturated carbocycles. The molecule has 0 bridgehead atoms. The van der Waals surface area contributed by atoms with Crippen molar-refractivity contribution in [3.8, 4) is 22.5 Å². The quantitative estimate of drug-likeness (QED) is 0.427. The first-order chi connectivity index (χ1) is 17.2. The Balaban J connectivity index is 1.45. The summed E-state index contributed by atoms with van der Waals surface area (Å²) in [4.78, 5) is 25.2. The smallest absolute Gasteiger partial charge is 0.329 e. The number of nitrogens with zero attached hydrogens (tertiary/aromatic N) is 6. The minimum Gasteiger partial charge on any atom is -0.368 e. The second-order valence-corrected chi connectivity index (χ2v) is 10.5. The summed E-state index contributed by atoms with van der Waals surface area (Å²) in [6, 6.07) is 15.7. The third-order valence-electron chi connectivity index (χ3n) is 6.06. The number of amides is 2. The third-order valence-corrected chi connectivity index (χ3v) is 7.19. The summed E-state index contributed by atoms with van der Waals surface area (Å²) in [5, 5.41) is 4.67. The minimum atomic E-state index is -3.30. The predicted octanol–water partition coefficient (Wildman–Crippen LogP) is 3.46. The zero-order chi connectivity index (χ0) is 25.4. The molecule has 4 aromatic rings. The number of benzene rings is 2. The molecular weight excluding hydrogens is 478 g/mol. The number of urea groups is 1. The molecule has 2 aromatic heterocycles. The molecule has 0 spiro atoms. The van der Waals surface area contributed by atoms with Crippen LogP contribution in [0.2, 0.25) is 0 Å². The van der Waals surface area contributed by atoms with Crippen LogP contribution in [0.25, 0.3) is 22.5 Å². The second kappa shape index (κ2) is 9.08. The number of aromatic nitrogens is 4. The number of hydrogen-bond acceptors (Lipinski definition) is 7. The average Bonchev–Trinajstić information content (AvgIpc) is 3.47. The Kier molecular flexibility index (Phi) is 5.92. The largest absolute Gasteiger partial charge is 0.368 e. The van der Waals surface area contributed by atoms with Gasteiger partial charge < -0.3 is 5.73 Å². The van der Waals surface area contributed by atoms with Crippen molar-refractivity contribution in [2.75, 3.05) is 34.9 Å². The zero-order valence-electron chi connectivity index (χ0n) is 19.9. The molecule has 2 amide bonds. The maximum Gasteiger partial charge on any atom is 0.329 e. The number of sulfone groups is 1. The van der Waals surface area contributed by atoms with Crippen LogP contribution in [0.3, 0.4) is 0 Å². The Hall–Kier alpha value is -4.25. The molecule has 0 unspecified atom stereocenters. The van der Waals surface area contributed by atoms with Crippen LogP contribution in [0, 0.1) is 0 Å². The highest BCUT2D eigenvalue weighted by molar-refractivity contribution is 7.90. The molecule has 1 saturated heterocycles. The molecule has 0 aliphatic carbocycles. The van der Waals surface area contributed by atoms with E-state index in [1.165, 1.54) is 12.1 Å². The molecule has 184 valence electrons. The van der Waals surface area contributed by atoms with Crippen molar-refractivity contribution in [3.63, 3.8) is 0 Å². The van der Waals surface area contributed by atoms with Gasteiger partial charge in [0, 0.05) is 55.2 Å². The number of rotatable bonds is 6. The van der Waals surface area contributed by atoms with E-state index in [9.17, 15) is 13.2 Å². The van der Waals surface area contributed by atoms with Crippen LogP contribution in [0.5, 0.6) is 0 Å². The molecule has 0 atom stereocenters.